The van der Waals surface area contributed by atoms with E-state index in [0.717, 1.165) is 19.4 Å². The number of hydrogen-bond acceptors (Lipinski definition) is 3. The van der Waals surface area contributed by atoms with Gasteiger partial charge in [0.05, 0.1) is 5.41 Å². The summed E-state index contributed by atoms with van der Waals surface area (Å²) in [5, 5.41) is 12.8. The number of aliphatic carboxylic acids is 1. The first kappa shape index (κ1) is 18.0. The molecule has 1 heterocycles. The van der Waals surface area contributed by atoms with Crippen LogP contribution >= 0.6 is 0 Å². The number of carboxylic acid groups (broad SMARTS) is 1. The highest BCUT2D eigenvalue weighted by atomic mass is 16.4. The van der Waals surface area contributed by atoms with Crippen molar-refractivity contribution in [3.8, 4) is 0 Å². The summed E-state index contributed by atoms with van der Waals surface area (Å²) in [5.74, 6) is -0.534. The van der Waals surface area contributed by atoms with Crippen molar-refractivity contribution in [3.05, 3.63) is 0 Å². The number of rotatable bonds is 8. The monoisotopic (exact) mass is 298 g/mol. The SMILES string of the molecule is CCCC1(C(=O)O)CCN(C(=O)CCCNC(C)C)CC1. The number of amides is 1. The minimum absolute atomic E-state index is 0.163. The van der Waals surface area contributed by atoms with Crippen molar-refractivity contribution in [2.75, 3.05) is 19.6 Å². The molecule has 0 aromatic heterocycles. The van der Waals surface area contributed by atoms with E-state index < -0.39 is 11.4 Å². The maximum atomic E-state index is 12.1. The van der Waals surface area contributed by atoms with E-state index in [4.69, 9.17) is 0 Å². The molecular weight excluding hydrogens is 268 g/mol. The smallest absolute Gasteiger partial charge is 0.309 e. The summed E-state index contributed by atoms with van der Waals surface area (Å²) in [6.07, 6.45) is 4.15. The zero-order valence-corrected chi connectivity index (χ0v) is 13.7. The fourth-order valence-corrected chi connectivity index (χ4v) is 3.02. The molecule has 1 rings (SSSR count). The maximum absolute atomic E-state index is 12.1. The first-order valence-corrected chi connectivity index (χ1v) is 8.16. The van der Waals surface area contributed by atoms with Crippen LogP contribution in [0.1, 0.15) is 59.3 Å². The van der Waals surface area contributed by atoms with Gasteiger partial charge in [0.1, 0.15) is 0 Å². The molecule has 0 atom stereocenters. The van der Waals surface area contributed by atoms with E-state index in [1.54, 1.807) is 0 Å². The summed E-state index contributed by atoms with van der Waals surface area (Å²) in [7, 11) is 0. The molecule has 5 heteroatoms. The van der Waals surface area contributed by atoms with Gasteiger partial charge in [-0.3, -0.25) is 9.59 Å². The molecule has 0 aromatic rings. The van der Waals surface area contributed by atoms with Crippen molar-refractivity contribution in [1.82, 2.24) is 10.2 Å². The van der Waals surface area contributed by atoms with Gasteiger partial charge in [-0.05, 0) is 32.2 Å². The Morgan fingerprint density at radius 2 is 1.90 bits per heavy atom. The Morgan fingerprint density at radius 1 is 1.29 bits per heavy atom. The highest BCUT2D eigenvalue weighted by molar-refractivity contribution is 5.78. The van der Waals surface area contributed by atoms with E-state index in [-0.39, 0.29) is 5.91 Å². The van der Waals surface area contributed by atoms with E-state index in [9.17, 15) is 14.7 Å². The summed E-state index contributed by atoms with van der Waals surface area (Å²) >= 11 is 0. The van der Waals surface area contributed by atoms with Gasteiger partial charge in [-0.2, -0.15) is 0 Å². The predicted octanol–water partition coefficient (Wildman–Crippen LogP) is 2.26. The van der Waals surface area contributed by atoms with Crippen LogP contribution in [0, 0.1) is 5.41 Å². The van der Waals surface area contributed by atoms with Crippen molar-refractivity contribution in [3.63, 3.8) is 0 Å². The molecule has 1 fully saturated rings. The van der Waals surface area contributed by atoms with Crippen LogP contribution in [-0.2, 0) is 9.59 Å². The summed E-state index contributed by atoms with van der Waals surface area (Å²) in [4.78, 5) is 25.5. The van der Waals surface area contributed by atoms with Crippen molar-refractivity contribution in [2.45, 2.75) is 65.3 Å². The number of carboxylic acids is 1. The third-order valence-corrected chi connectivity index (χ3v) is 4.38. The third kappa shape index (κ3) is 5.30. The Morgan fingerprint density at radius 3 is 2.38 bits per heavy atom. The molecule has 1 amide bonds. The lowest BCUT2D eigenvalue weighted by Crippen LogP contribution is -2.46. The Labute approximate surface area is 128 Å². The first-order chi connectivity index (χ1) is 9.91. The summed E-state index contributed by atoms with van der Waals surface area (Å²) in [6, 6.07) is 0.445. The Balaban J connectivity index is 2.37. The average molecular weight is 298 g/mol. The van der Waals surface area contributed by atoms with Crippen molar-refractivity contribution < 1.29 is 14.7 Å². The second kappa shape index (κ2) is 8.37. The summed E-state index contributed by atoms with van der Waals surface area (Å²) in [6.45, 7) is 8.22. The zero-order chi connectivity index (χ0) is 15.9. The minimum Gasteiger partial charge on any atom is -0.481 e. The van der Waals surface area contributed by atoms with Crippen LogP contribution in [0.4, 0.5) is 0 Å². The van der Waals surface area contributed by atoms with Gasteiger partial charge < -0.3 is 15.3 Å². The first-order valence-electron chi connectivity index (χ1n) is 8.16. The molecule has 1 saturated heterocycles. The molecule has 0 radical (unpaired) electrons. The van der Waals surface area contributed by atoms with Crippen LogP contribution < -0.4 is 5.32 Å². The highest BCUT2D eigenvalue weighted by Crippen LogP contribution is 2.36. The number of carbonyl (C=O) groups excluding carboxylic acids is 1. The second-order valence-corrected chi connectivity index (χ2v) is 6.43. The van der Waals surface area contributed by atoms with Gasteiger partial charge in [0.25, 0.3) is 0 Å². The van der Waals surface area contributed by atoms with Gasteiger partial charge in [0, 0.05) is 25.6 Å². The van der Waals surface area contributed by atoms with Gasteiger partial charge in [-0.15, -0.1) is 0 Å². The Hall–Kier alpha value is -1.10. The molecule has 0 unspecified atom stereocenters. The highest BCUT2D eigenvalue weighted by Gasteiger charge is 2.41. The Bertz CT molecular complexity index is 347. The van der Waals surface area contributed by atoms with E-state index in [1.165, 1.54) is 0 Å². The zero-order valence-electron chi connectivity index (χ0n) is 13.7. The van der Waals surface area contributed by atoms with Crippen LogP contribution in [-0.4, -0.2) is 47.6 Å². The lowest BCUT2D eigenvalue weighted by atomic mass is 9.75. The molecule has 21 heavy (non-hydrogen) atoms. The topological polar surface area (TPSA) is 69.6 Å². The number of piperidine rings is 1. The maximum Gasteiger partial charge on any atom is 0.309 e. The van der Waals surface area contributed by atoms with E-state index in [2.05, 4.69) is 19.2 Å². The van der Waals surface area contributed by atoms with Crippen molar-refractivity contribution in [2.24, 2.45) is 5.41 Å². The largest absolute Gasteiger partial charge is 0.481 e. The number of likely N-dealkylation sites (tertiary alicyclic amines) is 1. The fourth-order valence-electron chi connectivity index (χ4n) is 3.02. The second-order valence-electron chi connectivity index (χ2n) is 6.43. The molecule has 5 nitrogen and oxygen atoms in total. The molecule has 0 bridgehead atoms. The quantitative estimate of drug-likeness (QED) is 0.674. The van der Waals surface area contributed by atoms with E-state index >= 15 is 0 Å². The fraction of sp³-hybridized carbons (Fsp3) is 0.875. The van der Waals surface area contributed by atoms with Crippen molar-refractivity contribution in [1.29, 1.82) is 0 Å². The van der Waals surface area contributed by atoms with Gasteiger partial charge >= 0.3 is 5.97 Å². The molecule has 1 aliphatic heterocycles. The van der Waals surface area contributed by atoms with Crippen LogP contribution in [0.3, 0.4) is 0 Å². The Kier molecular flexibility index (Phi) is 7.15. The third-order valence-electron chi connectivity index (χ3n) is 4.38. The van der Waals surface area contributed by atoms with Gasteiger partial charge in [0.15, 0.2) is 0 Å². The van der Waals surface area contributed by atoms with Crippen molar-refractivity contribution >= 4 is 11.9 Å². The molecular formula is C16H30N2O3. The van der Waals surface area contributed by atoms with E-state index in [0.29, 0.717) is 44.8 Å². The number of carbonyl (C=O) groups is 2. The van der Waals surface area contributed by atoms with Crippen LogP contribution in [0.2, 0.25) is 0 Å². The molecule has 0 spiro atoms. The molecule has 0 aliphatic carbocycles. The predicted molar refractivity (Wildman–Crippen MR) is 83.2 cm³/mol. The number of hydrogen-bond donors (Lipinski definition) is 2. The number of nitrogens with one attached hydrogen (secondary N) is 1. The van der Waals surface area contributed by atoms with Gasteiger partial charge in [0.2, 0.25) is 5.91 Å². The number of nitrogens with zero attached hydrogens (tertiary/aromatic N) is 1. The molecule has 1 aliphatic rings. The van der Waals surface area contributed by atoms with E-state index in [1.807, 2.05) is 11.8 Å². The van der Waals surface area contributed by atoms with Crippen LogP contribution in [0.25, 0.3) is 0 Å². The minimum atomic E-state index is -0.697. The summed E-state index contributed by atoms with van der Waals surface area (Å²) < 4.78 is 0. The lowest BCUT2D eigenvalue weighted by Gasteiger charge is -2.39. The van der Waals surface area contributed by atoms with Gasteiger partial charge in [-0.1, -0.05) is 27.2 Å². The lowest BCUT2D eigenvalue weighted by molar-refractivity contribution is -0.155. The standard InChI is InChI=1S/C16H30N2O3/c1-4-7-16(15(20)21)8-11-18(12-9-16)14(19)6-5-10-17-13(2)3/h13,17H,4-12H2,1-3H3,(H,20,21). The molecule has 0 aromatic carbocycles. The van der Waals surface area contributed by atoms with Gasteiger partial charge in [-0.25, -0.2) is 0 Å². The van der Waals surface area contributed by atoms with Crippen LogP contribution in [0.5, 0.6) is 0 Å². The summed E-state index contributed by atoms with van der Waals surface area (Å²) in [5.41, 5.74) is -0.606. The van der Waals surface area contributed by atoms with Crippen LogP contribution in [0.15, 0.2) is 0 Å². The average Bonchev–Trinajstić information content (AvgIpc) is 2.44. The normalized spacial score (nSPS) is 18.0. The molecule has 0 saturated carbocycles. The molecule has 122 valence electrons. The molecule has 2 N–H and O–H groups in total.